The number of carbonyl (C=O) groups excluding carboxylic acids is 1. The Kier molecular flexibility index (Phi) is 6.72. The van der Waals surface area contributed by atoms with Gasteiger partial charge in [-0.15, -0.1) is 0 Å². The molecule has 0 aliphatic heterocycles. The fourth-order valence-electron chi connectivity index (χ4n) is 2.70. The second-order valence-corrected chi connectivity index (χ2v) is 6.25. The van der Waals surface area contributed by atoms with Crippen molar-refractivity contribution in [1.29, 1.82) is 0 Å². The van der Waals surface area contributed by atoms with Gasteiger partial charge in [0.1, 0.15) is 0 Å². The van der Waals surface area contributed by atoms with Crippen LogP contribution in [0.15, 0.2) is 48.5 Å². The Labute approximate surface area is 153 Å². The van der Waals surface area contributed by atoms with Gasteiger partial charge in [0.15, 0.2) is 11.9 Å². The van der Waals surface area contributed by atoms with E-state index >= 15 is 0 Å². The third-order valence-corrected chi connectivity index (χ3v) is 4.27. The molecule has 0 fully saturated rings. The van der Waals surface area contributed by atoms with Gasteiger partial charge in [-0.1, -0.05) is 43.3 Å². The number of nitro benzene ring substituents is 1. The van der Waals surface area contributed by atoms with E-state index in [0.717, 1.165) is 17.5 Å². The van der Waals surface area contributed by atoms with Gasteiger partial charge in [-0.2, -0.15) is 0 Å². The summed E-state index contributed by atoms with van der Waals surface area (Å²) in [5, 5.41) is 14.0. The molecule has 1 amide bonds. The normalized spacial score (nSPS) is 12.9. The first-order chi connectivity index (χ1) is 12.4. The number of carbonyl (C=O) groups is 1. The van der Waals surface area contributed by atoms with Crippen LogP contribution >= 0.6 is 0 Å². The van der Waals surface area contributed by atoms with Gasteiger partial charge in [0.25, 0.3) is 5.91 Å². The van der Waals surface area contributed by atoms with E-state index in [2.05, 4.69) is 12.2 Å². The zero-order chi connectivity index (χ0) is 19.1. The van der Waals surface area contributed by atoms with Crippen LogP contribution in [0.3, 0.4) is 0 Å². The fourth-order valence-corrected chi connectivity index (χ4v) is 2.70. The van der Waals surface area contributed by atoms with Gasteiger partial charge in [-0.05, 0) is 37.5 Å². The lowest BCUT2D eigenvalue weighted by Gasteiger charge is -2.19. The summed E-state index contributed by atoms with van der Waals surface area (Å²) in [4.78, 5) is 23.0. The number of nitrogens with zero attached hydrogens (tertiary/aromatic N) is 1. The molecule has 0 saturated heterocycles. The molecule has 0 heterocycles. The Bertz CT molecular complexity index is 762. The largest absolute Gasteiger partial charge is 0.474 e. The molecule has 0 aliphatic carbocycles. The van der Waals surface area contributed by atoms with Crippen molar-refractivity contribution in [3.05, 3.63) is 69.8 Å². The highest BCUT2D eigenvalue weighted by Crippen LogP contribution is 2.28. The summed E-state index contributed by atoms with van der Waals surface area (Å²) in [6, 6.07) is 14.7. The van der Waals surface area contributed by atoms with E-state index in [0.29, 0.717) is 6.54 Å². The van der Waals surface area contributed by atoms with Crippen molar-refractivity contribution >= 4 is 11.6 Å². The first kappa shape index (κ1) is 19.4. The minimum Gasteiger partial charge on any atom is -0.474 e. The van der Waals surface area contributed by atoms with Crippen LogP contribution in [0.5, 0.6) is 5.75 Å². The monoisotopic (exact) mass is 356 g/mol. The van der Waals surface area contributed by atoms with Gasteiger partial charge in [0, 0.05) is 18.5 Å². The van der Waals surface area contributed by atoms with E-state index in [1.807, 2.05) is 30.3 Å². The molecule has 2 aromatic carbocycles. The topological polar surface area (TPSA) is 81.5 Å². The summed E-state index contributed by atoms with van der Waals surface area (Å²) >= 11 is 0. The van der Waals surface area contributed by atoms with Crippen LogP contribution in [0.2, 0.25) is 0 Å². The van der Waals surface area contributed by atoms with Gasteiger partial charge in [-0.25, -0.2) is 0 Å². The summed E-state index contributed by atoms with van der Waals surface area (Å²) in [6.45, 7) is 5.91. The van der Waals surface area contributed by atoms with Gasteiger partial charge >= 0.3 is 5.69 Å². The highest BCUT2D eigenvalue weighted by molar-refractivity contribution is 5.80. The zero-order valence-corrected chi connectivity index (χ0v) is 15.3. The maximum atomic E-state index is 12.3. The van der Waals surface area contributed by atoms with Crippen molar-refractivity contribution in [2.75, 3.05) is 6.54 Å². The Morgan fingerprint density at radius 2 is 1.92 bits per heavy atom. The smallest absolute Gasteiger partial charge is 0.311 e. The SMILES string of the molecule is CC[C@H](CNC(=O)[C@H](C)Oc1ccc(C)cc1[N+](=O)[O-])c1ccccc1. The number of benzene rings is 2. The van der Waals surface area contributed by atoms with Gasteiger partial charge < -0.3 is 10.1 Å². The molecule has 1 N–H and O–H groups in total. The molecular weight excluding hydrogens is 332 g/mol. The average Bonchev–Trinajstić information content (AvgIpc) is 2.64. The van der Waals surface area contributed by atoms with Crippen LogP contribution in [0.25, 0.3) is 0 Å². The molecule has 2 rings (SSSR count). The molecule has 0 unspecified atom stereocenters. The first-order valence-electron chi connectivity index (χ1n) is 8.66. The second-order valence-electron chi connectivity index (χ2n) is 6.25. The molecule has 0 bridgehead atoms. The van der Waals surface area contributed by atoms with Crippen LogP contribution in [0.1, 0.15) is 37.3 Å². The summed E-state index contributed by atoms with van der Waals surface area (Å²) < 4.78 is 5.54. The van der Waals surface area contributed by atoms with E-state index in [1.165, 1.54) is 12.1 Å². The number of nitrogens with one attached hydrogen (secondary N) is 1. The van der Waals surface area contributed by atoms with Crippen molar-refractivity contribution in [3.8, 4) is 5.75 Å². The molecule has 0 aliphatic rings. The molecule has 0 spiro atoms. The number of hydrogen-bond donors (Lipinski definition) is 1. The molecular formula is C20H24N2O4. The van der Waals surface area contributed by atoms with E-state index in [1.54, 1.807) is 19.9 Å². The summed E-state index contributed by atoms with van der Waals surface area (Å²) in [6.07, 6.45) is 0.0628. The standard InChI is InChI=1S/C20H24N2O4/c1-4-16(17-8-6-5-7-9-17)13-21-20(23)15(3)26-19-11-10-14(2)12-18(19)22(24)25/h5-12,15-16H,4,13H2,1-3H3,(H,21,23)/t15-,16+/m0/s1. The predicted octanol–water partition coefficient (Wildman–Crippen LogP) is 3.98. The van der Waals surface area contributed by atoms with Crippen molar-refractivity contribution in [2.24, 2.45) is 0 Å². The Balaban J connectivity index is 1.99. The van der Waals surface area contributed by atoms with Crippen LogP contribution in [-0.2, 0) is 4.79 Å². The number of rotatable bonds is 8. The maximum absolute atomic E-state index is 12.3. The van der Waals surface area contributed by atoms with Gasteiger partial charge in [0.2, 0.25) is 0 Å². The van der Waals surface area contributed by atoms with E-state index in [9.17, 15) is 14.9 Å². The highest BCUT2D eigenvalue weighted by Gasteiger charge is 2.22. The molecule has 6 nitrogen and oxygen atoms in total. The Morgan fingerprint density at radius 3 is 2.54 bits per heavy atom. The third-order valence-electron chi connectivity index (χ3n) is 4.27. The molecule has 138 valence electrons. The molecule has 0 saturated carbocycles. The lowest BCUT2D eigenvalue weighted by atomic mass is 9.96. The van der Waals surface area contributed by atoms with E-state index in [4.69, 9.17) is 4.74 Å². The Morgan fingerprint density at radius 1 is 1.23 bits per heavy atom. The molecule has 0 aromatic heterocycles. The molecule has 0 radical (unpaired) electrons. The highest BCUT2D eigenvalue weighted by atomic mass is 16.6. The summed E-state index contributed by atoms with van der Waals surface area (Å²) in [5.74, 6) is 0.00802. The number of hydrogen-bond acceptors (Lipinski definition) is 4. The average molecular weight is 356 g/mol. The molecule has 2 atom stereocenters. The minimum atomic E-state index is -0.829. The first-order valence-corrected chi connectivity index (χ1v) is 8.66. The summed E-state index contributed by atoms with van der Waals surface area (Å²) in [5.41, 5.74) is 1.79. The van der Waals surface area contributed by atoms with Crippen LogP contribution in [0.4, 0.5) is 5.69 Å². The minimum absolute atomic E-state index is 0.0957. The van der Waals surface area contributed by atoms with E-state index in [-0.39, 0.29) is 23.3 Å². The van der Waals surface area contributed by atoms with Crippen molar-refractivity contribution in [3.63, 3.8) is 0 Å². The molecule has 26 heavy (non-hydrogen) atoms. The molecule has 6 heteroatoms. The zero-order valence-electron chi connectivity index (χ0n) is 15.3. The van der Waals surface area contributed by atoms with Crippen LogP contribution < -0.4 is 10.1 Å². The van der Waals surface area contributed by atoms with Gasteiger partial charge in [0.05, 0.1) is 4.92 Å². The lowest BCUT2D eigenvalue weighted by Crippen LogP contribution is -2.38. The number of ether oxygens (including phenoxy) is 1. The fraction of sp³-hybridized carbons (Fsp3) is 0.350. The lowest BCUT2D eigenvalue weighted by molar-refractivity contribution is -0.386. The van der Waals surface area contributed by atoms with E-state index < -0.39 is 11.0 Å². The Hall–Kier alpha value is -2.89. The van der Waals surface area contributed by atoms with Crippen molar-refractivity contribution in [1.82, 2.24) is 5.32 Å². The number of nitro groups is 1. The molecule has 2 aromatic rings. The van der Waals surface area contributed by atoms with Gasteiger partial charge in [-0.3, -0.25) is 14.9 Å². The maximum Gasteiger partial charge on any atom is 0.311 e. The number of amides is 1. The predicted molar refractivity (Wildman–Crippen MR) is 100 cm³/mol. The van der Waals surface area contributed by atoms with Crippen LogP contribution in [0, 0.1) is 17.0 Å². The number of aryl methyl sites for hydroxylation is 1. The van der Waals surface area contributed by atoms with Crippen LogP contribution in [-0.4, -0.2) is 23.5 Å². The second kappa shape index (κ2) is 8.99. The van der Waals surface area contributed by atoms with Crippen molar-refractivity contribution in [2.45, 2.75) is 39.2 Å². The summed E-state index contributed by atoms with van der Waals surface area (Å²) in [7, 11) is 0. The third kappa shape index (κ3) is 5.05. The van der Waals surface area contributed by atoms with Crippen molar-refractivity contribution < 1.29 is 14.5 Å². The quantitative estimate of drug-likeness (QED) is 0.573.